The molecule has 2 N–H and O–H groups in total. The molecular formula is C30H29N3O3. The van der Waals surface area contributed by atoms with Crippen molar-refractivity contribution in [3.63, 3.8) is 0 Å². The molecule has 4 rings (SSSR count). The molecule has 0 aliphatic rings. The van der Waals surface area contributed by atoms with Gasteiger partial charge in [-0.15, -0.1) is 0 Å². The third-order valence-corrected chi connectivity index (χ3v) is 5.60. The van der Waals surface area contributed by atoms with Crippen LogP contribution < -0.4 is 20.3 Å². The third kappa shape index (κ3) is 6.73. The van der Waals surface area contributed by atoms with Crippen LogP contribution in [0.25, 0.3) is 0 Å². The van der Waals surface area contributed by atoms with E-state index in [4.69, 9.17) is 4.74 Å². The normalized spacial score (nSPS) is 10.4. The van der Waals surface area contributed by atoms with Crippen molar-refractivity contribution in [2.45, 2.75) is 13.5 Å². The molecule has 0 radical (unpaired) electrons. The molecule has 6 nitrogen and oxygen atoms in total. The molecular weight excluding hydrogens is 450 g/mol. The molecule has 182 valence electrons. The predicted octanol–water partition coefficient (Wildman–Crippen LogP) is 5.98. The number of amides is 2. The minimum atomic E-state index is -0.172. The van der Waals surface area contributed by atoms with Gasteiger partial charge in [-0.3, -0.25) is 9.59 Å². The van der Waals surface area contributed by atoms with E-state index in [0.717, 1.165) is 22.7 Å². The Balaban J connectivity index is 1.25. The van der Waals surface area contributed by atoms with Gasteiger partial charge in [-0.2, -0.15) is 0 Å². The van der Waals surface area contributed by atoms with Gasteiger partial charge in [0.05, 0.1) is 6.54 Å². The van der Waals surface area contributed by atoms with Crippen molar-refractivity contribution >= 4 is 28.9 Å². The van der Waals surface area contributed by atoms with Crippen molar-refractivity contribution < 1.29 is 14.3 Å². The van der Waals surface area contributed by atoms with Crippen LogP contribution in [0.15, 0.2) is 109 Å². The second kappa shape index (κ2) is 12.2. The summed E-state index contributed by atoms with van der Waals surface area (Å²) in [6.45, 7) is 3.11. The van der Waals surface area contributed by atoms with Crippen molar-refractivity contribution in [1.82, 2.24) is 0 Å². The highest BCUT2D eigenvalue weighted by Gasteiger charge is 2.15. The average Bonchev–Trinajstić information content (AvgIpc) is 2.93. The van der Waals surface area contributed by atoms with Crippen LogP contribution in [0.2, 0.25) is 0 Å². The largest absolute Gasteiger partial charge is 0.489 e. The number of hydrogen-bond donors (Lipinski definition) is 2. The molecule has 0 saturated heterocycles. The van der Waals surface area contributed by atoms with Crippen LogP contribution in [0.5, 0.6) is 5.75 Å². The van der Waals surface area contributed by atoms with Crippen LogP contribution in [0.1, 0.15) is 22.8 Å². The highest BCUT2D eigenvalue weighted by atomic mass is 16.5. The van der Waals surface area contributed by atoms with E-state index in [-0.39, 0.29) is 18.4 Å². The number of ether oxygens (including phenoxy) is 1. The van der Waals surface area contributed by atoms with Crippen LogP contribution >= 0.6 is 0 Å². The summed E-state index contributed by atoms with van der Waals surface area (Å²) >= 11 is 0. The molecule has 2 amide bonds. The fourth-order valence-electron chi connectivity index (χ4n) is 3.70. The maximum Gasteiger partial charge on any atom is 0.258 e. The van der Waals surface area contributed by atoms with Gasteiger partial charge in [0.15, 0.2) is 0 Å². The third-order valence-electron chi connectivity index (χ3n) is 5.60. The molecule has 36 heavy (non-hydrogen) atoms. The summed E-state index contributed by atoms with van der Waals surface area (Å²) in [5, 5.41) is 5.96. The number of benzene rings is 4. The summed E-state index contributed by atoms with van der Waals surface area (Å²) in [5.41, 5.74) is 3.99. The predicted molar refractivity (Wildman–Crippen MR) is 145 cm³/mol. The number of carbonyl (C=O) groups excluding carboxylic acids is 2. The highest BCUT2D eigenvalue weighted by Crippen LogP contribution is 2.19. The van der Waals surface area contributed by atoms with E-state index < -0.39 is 0 Å². The van der Waals surface area contributed by atoms with Crippen molar-refractivity contribution in [3.05, 3.63) is 120 Å². The first-order valence-corrected chi connectivity index (χ1v) is 11.9. The first-order chi connectivity index (χ1) is 17.6. The molecule has 0 unspecified atom stereocenters. The van der Waals surface area contributed by atoms with E-state index >= 15 is 0 Å². The smallest absolute Gasteiger partial charge is 0.258 e. The zero-order valence-corrected chi connectivity index (χ0v) is 20.2. The molecule has 4 aromatic rings. The summed E-state index contributed by atoms with van der Waals surface area (Å²) < 4.78 is 5.78. The van der Waals surface area contributed by atoms with Gasteiger partial charge in [0.2, 0.25) is 5.91 Å². The number of hydrogen-bond acceptors (Lipinski definition) is 4. The molecule has 0 saturated carbocycles. The van der Waals surface area contributed by atoms with E-state index in [1.165, 1.54) is 0 Å². The van der Waals surface area contributed by atoms with Crippen molar-refractivity contribution in [3.8, 4) is 5.75 Å². The van der Waals surface area contributed by atoms with Crippen LogP contribution in [0, 0.1) is 0 Å². The summed E-state index contributed by atoms with van der Waals surface area (Å²) in [4.78, 5) is 27.0. The average molecular weight is 480 g/mol. The van der Waals surface area contributed by atoms with Crippen molar-refractivity contribution in [1.29, 1.82) is 0 Å². The number of carbonyl (C=O) groups is 2. The minimum absolute atomic E-state index is 0.0656. The molecule has 0 aliphatic carbocycles. The van der Waals surface area contributed by atoms with Gasteiger partial charge in [-0.1, -0.05) is 48.5 Å². The van der Waals surface area contributed by atoms with Crippen LogP contribution in [-0.4, -0.2) is 24.9 Å². The van der Waals surface area contributed by atoms with Gasteiger partial charge in [0.25, 0.3) is 5.91 Å². The molecule has 0 aromatic heterocycles. The lowest BCUT2D eigenvalue weighted by molar-refractivity contribution is -0.114. The van der Waals surface area contributed by atoms with Gasteiger partial charge < -0.3 is 20.3 Å². The minimum Gasteiger partial charge on any atom is -0.489 e. The number of anilines is 3. The molecule has 0 fully saturated rings. The fraction of sp³-hybridized carbons (Fsp3) is 0.133. The zero-order chi connectivity index (χ0) is 25.2. The van der Waals surface area contributed by atoms with E-state index in [9.17, 15) is 9.59 Å². The standard InChI is InChI=1S/C30H29N3O3/c1-2-33(27-11-7-4-8-12-27)30(35)24-13-15-25(16-14-24)31-21-29(34)32-26-17-19-28(20-18-26)36-22-23-9-5-3-6-10-23/h3-20,31H,2,21-22H2,1H3,(H,32,34). The molecule has 0 bridgehead atoms. The second-order valence-electron chi connectivity index (χ2n) is 8.16. The molecule has 0 atom stereocenters. The lowest BCUT2D eigenvalue weighted by Gasteiger charge is -2.21. The monoisotopic (exact) mass is 479 g/mol. The van der Waals surface area contributed by atoms with Crippen molar-refractivity contribution in [2.75, 3.05) is 28.6 Å². The highest BCUT2D eigenvalue weighted by molar-refractivity contribution is 6.06. The maximum atomic E-state index is 12.9. The molecule has 0 aliphatic heterocycles. The quantitative estimate of drug-likeness (QED) is 0.293. The number of nitrogens with one attached hydrogen (secondary N) is 2. The summed E-state index contributed by atoms with van der Waals surface area (Å²) in [7, 11) is 0. The van der Waals surface area contributed by atoms with E-state index in [2.05, 4.69) is 10.6 Å². The van der Waals surface area contributed by atoms with Gasteiger partial charge in [0, 0.05) is 29.2 Å². The van der Waals surface area contributed by atoms with E-state index in [0.29, 0.717) is 24.4 Å². The Labute approximate surface area is 211 Å². The molecule has 0 spiro atoms. The van der Waals surface area contributed by atoms with Gasteiger partial charge in [-0.25, -0.2) is 0 Å². The summed E-state index contributed by atoms with van der Waals surface area (Å²) in [5.74, 6) is 0.497. The molecule has 0 heterocycles. The van der Waals surface area contributed by atoms with Gasteiger partial charge in [0.1, 0.15) is 12.4 Å². The van der Waals surface area contributed by atoms with Crippen LogP contribution in [-0.2, 0) is 11.4 Å². The van der Waals surface area contributed by atoms with E-state index in [1.54, 1.807) is 29.2 Å². The maximum absolute atomic E-state index is 12.9. The first kappa shape index (κ1) is 24.5. The number of para-hydroxylation sites is 1. The van der Waals surface area contributed by atoms with Gasteiger partial charge >= 0.3 is 0 Å². The lowest BCUT2D eigenvalue weighted by Crippen LogP contribution is -2.30. The van der Waals surface area contributed by atoms with Crippen LogP contribution in [0.3, 0.4) is 0 Å². The SMILES string of the molecule is CCN(C(=O)c1ccc(NCC(=O)Nc2ccc(OCc3ccccc3)cc2)cc1)c1ccccc1. The van der Waals surface area contributed by atoms with E-state index in [1.807, 2.05) is 91.9 Å². The second-order valence-corrected chi connectivity index (χ2v) is 8.16. The topological polar surface area (TPSA) is 70.7 Å². The first-order valence-electron chi connectivity index (χ1n) is 11.9. The fourth-order valence-corrected chi connectivity index (χ4v) is 3.70. The van der Waals surface area contributed by atoms with Crippen LogP contribution in [0.4, 0.5) is 17.1 Å². The Morgan fingerprint density at radius 1 is 0.750 bits per heavy atom. The molecule has 4 aromatic carbocycles. The van der Waals surface area contributed by atoms with Gasteiger partial charge in [-0.05, 0) is 73.2 Å². The Morgan fingerprint density at radius 2 is 1.36 bits per heavy atom. The number of nitrogens with zero attached hydrogens (tertiary/aromatic N) is 1. The Morgan fingerprint density at radius 3 is 2.00 bits per heavy atom. The lowest BCUT2D eigenvalue weighted by atomic mass is 10.1. The Bertz CT molecular complexity index is 1260. The Hall–Kier alpha value is -4.58. The van der Waals surface area contributed by atoms with Crippen molar-refractivity contribution in [2.24, 2.45) is 0 Å². The zero-order valence-electron chi connectivity index (χ0n) is 20.2. The Kier molecular flexibility index (Phi) is 8.33. The molecule has 6 heteroatoms. The number of rotatable bonds is 10. The summed E-state index contributed by atoms with van der Waals surface area (Å²) in [6.07, 6.45) is 0. The summed E-state index contributed by atoms with van der Waals surface area (Å²) in [6, 6.07) is 34.0.